The largest absolute Gasteiger partial charge is 0.350 e. The van der Waals surface area contributed by atoms with Gasteiger partial charge < -0.3 is 5.32 Å². The Morgan fingerprint density at radius 2 is 1.85 bits per heavy atom. The Hall–Kier alpha value is -3.20. The summed E-state index contributed by atoms with van der Waals surface area (Å²) in [4.78, 5) is 26.1. The molecule has 0 aliphatic carbocycles. The number of fused-ring (bicyclic) bond motifs is 3. The molecule has 178 valence electrons. The maximum atomic E-state index is 13.3. The molecule has 0 saturated carbocycles. The molecule has 0 spiro atoms. The first-order chi connectivity index (χ1) is 16.3. The number of aromatic nitrogens is 4. The Labute approximate surface area is 201 Å². The second-order valence-electron chi connectivity index (χ2n) is 8.86. The van der Waals surface area contributed by atoms with Crippen molar-refractivity contribution in [2.45, 2.75) is 57.6 Å². The summed E-state index contributed by atoms with van der Waals surface area (Å²) in [5, 5.41) is 12.8. The van der Waals surface area contributed by atoms with Gasteiger partial charge in [0, 0.05) is 23.9 Å². The standard InChI is InChI=1S/C25H28FN5O2S/c1-5-16(4)27-22(32)18-8-11-20-21(12-18)31-24(30(23(20)33)13-15(2)3)28-29-25(31)34-14-17-6-9-19(26)10-7-17/h6-12,15-16H,5,13-14H2,1-4H3,(H,27,32). The van der Waals surface area contributed by atoms with E-state index in [1.807, 2.05) is 32.1 Å². The molecule has 1 N–H and O–H groups in total. The van der Waals surface area contributed by atoms with Gasteiger partial charge in [-0.1, -0.05) is 44.7 Å². The van der Waals surface area contributed by atoms with Gasteiger partial charge in [-0.3, -0.25) is 18.6 Å². The van der Waals surface area contributed by atoms with Crippen LogP contribution in [0.3, 0.4) is 0 Å². The van der Waals surface area contributed by atoms with E-state index in [1.165, 1.54) is 23.9 Å². The van der Waals surface area contributed by atoms with Crippen molar-refractivity contribution in [3.05, 3.63) is 69.8 Å². The fraction of sp³-hybridized carbons (Fsp3) is 0.360. The number of nitrogens with zero attached hydrogens (tertiary/aromatic N) is 4. The average molecular weight is 482 g/mol. The molecular weight excluding hydrogens is 453 g/mol. The number of halogens is 1. The zero-order valence-corrected chi connectivity index (χ0v) is 20.5. The van der Waals surface area contributed by atoms with E-state index in [9.17, 15) is 14.0 Å². The molecule has 4 rings (SSSR count). The van der Waals surface area contributed by atoms with E-state index in [-0.39, 0.29) is 29.2 Å². The van der Waals surface area contributed by atoms with Crippen LogP contribution in [0.25, 0.3) is 16.7 Å². The minimum absolute atomic E-state index is 0.0407. The summed E-state index contributed by atoms with van der Waals surface area (Å²) < 4.78 is 16.8. The molecule has 34 heavy (non-hydrogen) atoms. The van der Waals surface area contributed by atoms with Crippen molar-refractivity contribution in [2.75, 3.05) is 0 Å². The highest BCUT2D eigenvalue weighted by Crippen LogP contribution is 2.26. The van der Waals surface area contributed by atoms with Gasteiger partial charge >= 0.3 is 0 Å². The van der Waals surface area contributed by atoms with Gasteiger partial charge in [-0.25, -0.2) is 4.39 Å². The van der Waals surface area contributed by atoms with Gasteiger partial charge in [0.25, 0.3) is 11.5 Å². The first kappa shape index (κ1) is 23.9. The van der Waals surface area contributed by atoms with Crippen LogP contribution in [-0.4, -0.2) is 31.1 Å². The Balaban J connectivity index is 1.85. The van der Waals surface area contributed by atoms with Crippen molar-refractivity contribution in [1.82, 2.24) is 24.5 Å². The summed E-state index contributed by atoms with van der Waals surface area (Å²) in [5.41, 5.74) is 1.84. The van der Waals surface area contributed by atoms with Crippen molar-refractivity contribution in [2.24, 2.45) is 5.92 Å². The fourth-order valence-corrected chi connectivity index (χ4v) is 4.58. The van der Waals surface area contributed by atoms with Crippen LogP contribution < -0.4 is 10.9 Å². The van der Waals surface area contributed by atoms with Gasteiger partial charge in [-0.05, 0) is 55.2 Å². The molecule has 2 heterocycles. The van der Waals surface area contributed by atoms with E-state index in [0.717, 1.165) is 12.0 Å². The van der Waals surface area contributed by atoms with E-state index in [0.29, 0.717) is 39.7 Å². The highest BCUT2D eigenvalue weighted by Gasteiger charge is 2.19. The lowest BCUT2D eigenvalue weighted by molar-refractivity contribution is 0.0939. The first-order valence-electron chi connectivity index (χ1n) is 11.4. The van der Waals surface area contributed by atoms with Crippen LogP contribution in [0.5, 0.6) is 0 Å². The Morgan fingerprint density at radius 1 is 1.12 bits per heavy atom. The summed E-state index contributed by atoms with van der Waals surface area (Å²) in [6.45, 7) is 8.53. The number of carbonyl (C=O) groups excluding carboxylic acids is 1. The van der Waals surface area contributed by atoms with E-state index in [4.69, 9.17) is 0 Å². The number of benzene rings is 2. The van der Waals surface area contributed by atoms with Crippen LogP contribution in [0.1, 0.15) is 50.0 Å². The van der Waals surface area contributed by atoms with Crippen LogP contribution in [0.15, 0.2) is 52.4 Å². The molecule has 7 nitrogen and oxygen atoms in total. The van der Waals surface area contributed by atoms with Gasteiger partial charge in [0.2, 0.25) is 5.78 Å². The van der Waals surface area contributed by atoms with Crippen LogP contribution in [0.2, 0.25) is 0 Å². The average Bonchev–Trinajstić information content (AvgIpc) is 3.24. The van der Waals surface area contributed by atoms with Crippen molar-refractivity contribution < 1.29 is 9.18 Å². The highest BCUT2D eigenvalue weighted by atomic mass is 32.2. The first-order valence-corrected chi connectivity index (χ1v) is 12.4. The highest BCUT2D eigenvalue weighted by molar-refractivity contribution is 7.98. The molecule has 0 radical (unpaired) electrons. The number of hydrogen-bond acceptors (Lipinski definition) is 5. The predicted molar refractivity (Wildman–Crippen MR) is 133 cm³/mol. The molecule has 2 aromatic carbocycles. The van der Waals surface area contributed by atoms with Gasteiger partial charge in [0.1, 0.15) is 5.82 Å². The van der Waals surface area contributed by atoms with Crippen LogP contribution in [-0.2, 0) is 12.3 Å². The summed E-state index contributed by atoms with van der Waals surface area (Å²) in [5.74, 6) is 0.747. The fourth-order valence-electron chi connectivity index (χ4n) is 3.68. The Kier molecular flexibility index (Phi) is 7.02. The quantitative estimate of drug-likeness (QED) is 0.370. The van der Waals surface area contributed by atoms with Crippen molar-refractivity contribution in [1.29, 1.82) is 0 Å². The van der Waals surface area contributed by atoms with Gasteiger partial charge in [0.05, 0.1) is 10.9 Å². The molecule has 4 aromatic rings. The van der Waals surface area contributed by atoms with Gasteiger partial charge in [0.15, 0.2) is 5.16 Å². The summed E-state index contributed by atoms with van der Waals surface area (Å²) in [6.07, 6.45) is 0.819. The topological polar surface area (TPSA) is 81.3 Å². The molecule has 0 aliphatic rings. The zero-order chi connectivity index (χ0) is 24.4. The number of carbonyl (C=O) groups is 1. The van der Waals surface area contributed by atoms with Crippen LogP contribution in [0, 0.1) is 11.7 Å². The smallest absolute Gasteiger partial charge is 0.262 e. The third-order valence-electron chi connectivity index (χ3n) is 5.65. The summed E-state index contributed by atoms with van der Waals surface area (Å²) in [7, 11) is 0. The molecule has 0 aliphatic heterocycles. The Morgan fingerprint density at radius 3 is 2.53 bits per heavy atom. The molecular formula is C25H28FN5O2S. The monoisotopic (exact) mass is 481 g/mol. The number of amides is 1. The van der Waals surface area contributed by atoms with E-state index >= 15 is 0 Å². The minimum atomic E-state index is -0.284. The van der Waals surface area contributed by atoms with Gasteiger partial charge in [-0.15, -0.1) is 10.2 Å². The second kappa shape index (κ2) is 9.97. The second-order valence-corrected chi connectivity index (χ2v) is 9.80. The van der Waals surface area contributed by atoms with Crippen molar-refractivity contribution in [3.8, 4) is 0 Å². The van der Waals surface area contributed by atoms with E-state index < -0.39 is 0 Å². The van der Waals surface area contributed by atoms with Gasteiger partial charge in [-0.2, -0.15) is 0 Å². The molecule has 0 bridgehead atoms. The number of nitrogens with one attached hydrogen (secondary N) is 1. The third kappa shape index (κ3) is 4.84. The molecule has 0 saturated heterocycles. The molecule has 1 unspecified atom stereocenters. The maximum Gasteiger partial charge on any atom is 0.262 e. The lowest BCUT2D eigenvalue weighted by Gasteiger charge is -2.15. The lowest BCUT2D eigenvalue weighted by Crippen LogP contribution is -2.32. The van der Waals surface area contributed by atoms with Crippen LogP contribution >= 0.6 is 11.8 Å². The Bertz CT molecular complexity index is 1390. The molecule has 9 heteroatoms. The molecule has 1 atom stereocenters. The summed E-state index contributed by atoms with van der Waals surface area (Å²) >= 11 is 1.44. The van der Waals surface area contributed by atoms with Crippen molar-refractivity contribution >= 4 is 34.3 Å². The number of hydrogen-bond donors (Lipinski definition) is 1. The maximum absolute atomic E-state index is 13.3. The third-order valence-corrected chi connectivity index (χ3v) is 6.65. The molecule has 0 fully saturated rings. The lowest BCUT2D eigenvalue weighted by atomic mass is 10.1. The zero-order valence-electron chi connectivity index (χ0n) is 19.7. The SMILES string of the molecule is CCC(C)NC(=O)c1ccc2c(=O)n(CC(C)C)c3nnc(SCc4ccc(F)cc4)n3c2c1. The summed E-state index contributed by atoms with van der Waals surface area (Å²) in [6, 6.07) is 11.5. The van der Waals surface area contributed by atoms with Crippen molar-refractivity contribution in [3.63, 3.8) is 0 Å². The normalized spacial score (nSPS) is 12.5. The molecule has 1 amide bonds. The van der Waals surface area contributed by atoms with Crippen LogP contribution in [0.4, 0.5) is 4.39 Å². The minimum Gasteiger partial charge on any atom is -0.350 e. The number of thioether (sulfide) groups is 1. The number of rotatable bonds is 8. The molecule has 2 aromatic heterocycles. The van der Waals surface area contributed by atoms with E-state index in [1.54, 1.807) is 34.9 Å². The van der Waals surface area contributed by atoms with E-state index in [2.05, 4.69) is 15.5 Å². The predicted octanol–water partition coefficient (Wildman–Crippen LogP) is 4.66.